The van der Waals surface area contributed by atoms with Gasteiger partial charge in [0, 0.05) is 0 Å². The van der Waals surface area contributed by atoms with Crippen LogP contribution in [0.15, 0.2) is 0 Å². The first-order valence-corrected chi connectivity index (χ1v) is 9.52. The first-order valence-electron chi connectivity index (χ1n) is 6.11. The first-order chi connectivity index (χ1) is 7.87. The summed E-state index contributed by atoms with van der Waals surface area (Å²) in [5.41, 5.74) is 0. The van der Waals surface area contributed by atoms with E-state index in [0.717, 1.165) is 0 Å². The second kappa shape index (κ2) is 5.65. The zero-order chi connectivity index (χ0) is 13.1. The van der Waals surface area contributed by atoms with E-state index in [1.54, 1.807) is 6.92 Å². The molecule has 0 amide bonds. The van der Waals surface area contributed by atoms with Crippen molar-refractivity contribution in [1.82, 2.24) is 0 Å². The number of esters is 1. The van der Waals surface area contributed by atoms with Crippen LogP contribution in [0.4, 0.5) is 0 Å². The maximum atomic E-state index is 11.6. The highest BCUT2D eigenvalue weighted by atomic mass is 28.4. The van der Waals surface area contributed by atoms with Gasteiger partial charge in [-0.3, -0.25) is 4.79 Å². The third-order valence-corrected chi connectivity index (χ3v) is 3.80. The lowest BCUT2D eigenvalue weighted by Crippen LogP contribution is -2.33. The number of carbonyl (C=O) groups excluding carboxylic acids is 1. The van der Waals surface area contributed by atoms with Crippen LogP contribution in [0.1, 0.15) is 19.8 Å². The Morgan fingerprint density at radius 2 is 2.06 bits per heavy atom. The van der Waals surface area contributed by atoms with Crippen molar-refractivity contribution in [3.63, 3.8) is 0 Å². The van der Waals surface area contributed by atoms with Crippen molar-refractivity contribution >= 4 is 14.3 Å². The highest BCUT2D eigenvalue weighted by molar-refractivity contribution is 6.69. The van der Waals surface area contributed by atoms with Gasteiger partial charge in [0.1, 0.15) is 0 Å². The summed E-state index contributed by atoms with van der Waals surface area (Å²) < 4.78 is 11.0. The molecule has 0 aromatic carbocycles. The van der Waals surface area contributed by atoms with Crippen molar-refractivity contribution in [2.45, 2.75) is 45.5 Å². The molecule has 1 saturated carbocycles. The van der Waals surface area contributed by atoms with Crippen molar-refractivity contribution in [2.24, 2.45) is 11.8 Å². The van der Waals surface area contributed by atoms with Gasteiger partial charge < -0.3 is 9.16 Å². The van der Waals surface area contributed by atoms with Gasteiger partial charge in [0.15, 0.2) is 8.32 Å². The van der Waals surface area contributed by atoms with Crippen LogP contribution in [-0.2, 0) is 14.0 Å². The molecule has 1 aliphatic rings. The standard InChI is InChI=1S/C12H21NO3Si/c1-5-15-12(14)9-6-10(8-13)11(7-9)16-17(2,3)4/h9-11H,5-7H2,1-4H3/t9-,10-,11+/m1/s1. The van der Waals surface area contributed by atoms with E-state index in [4.69, 9.17) is 14.4 Å². The van der Waals surface area contributed by atoms with E-state index in [1.165, 1.54) is 0 Å². The predicted molar refractivity (Wildman–Crippen MR) is 66.7 cm³/mol. The smallest absolute Gasteiger partial charge is 0.309 e. The van der Waals surface area contributed by atoms with Crippen LogP contribution >= 0.6 is 0 Å². The summed E-state index contributed by atoms with van der Waals surface area (Å²) in [7, 11) is -1.67. The summed E-state index contributed by atoms with van der Waals surface area (Å²) in [5, 5.41) is 9.10. The van der Waals surface area contributed by atoms with Gasteiger partial charge >= 0.3 is 5.97 Å². The largest absolute Gasteiger partial charge is 0.466 e. The van der Waals surface area contributed by atoms with Crippen LogP contribution < -0.4 is 0 Å². The maximum Gasteiger partial charge on any atom is 0.309 e. The molecule has 17 heavy (non-hydrogen) atoms. The third kappa shape index (κ3) is 4.13. The number of ether oxygens (including phenoxy) is 1. The molecule has 0 aliphatic heterocycles. The molecule has 5 heteroatoms. The van der Waals surface area contributed by atoms with E-state index >= 15 is 0 Å². The first kappa shape index (κ1) is 14.2. The Morgan fingerprint density at radius 1 is 1.41 bits per heavy atom. The summed E-state index contributed by atoms with van der Waals surface area (Å²) in [6.07, 6.45) is 1.10. The van der Waals surface area contributed by atoms with Crippen LogP contribution in [0.3, 0.4) is 0 Å². The molecule has 0 aromatic heterocycles. The second-order valence-electron chi connectivity index (χ2n) is 5.42. The number of rotatable bonds is 4. The van der Waals surface area contributed by atoms with Crippen molar-refractivity contribution < 1.29 is 14.0 Å². The average Bonchev–Trinajstić information content (AvgIpc) is 2.58. The van der Waals surface area contributed by atoms with E-state index in [1.807, 2.05) is 0 Å². The molecule has 0 heterocycles. The van der Waals surface area contributed by atoms with Crippen LogP contribution in [0.2, 0.25) is 19.6 Å². The van der Waals surface area contributed by atoms with Gasteiger partial charge in [-0.15, -0.1) is 0 Å². The van der Waals surface area contributed by atoms with Gasteiger partial charge in [-0.2, -0.15) is 5.26 Å². The van der Waals surface area contributed by atoms with Crippen molar-refractivity contribution in [3.8, 4) is 6.07 Å². The molecule has 0 N–H and O–H groups in total. The molecule has 1 rings (SSSR count). The van der Waals surface area contributed by atoms with E-state index in [9.17, 15) is 4.79 Å². The third-order valence-electron chi connectivity index (χ3n) is 2.79. The predicted octanol–water partition coefficient (Wildman–Crippen LogP) is 2.32. The van der Waals surface area contributed by atoms with Gasteiger partial charge in [-0.05, 0) is 39.4 Å². The molecular weight excluding hydrogens is 234 g/mol. The quantitative estimate of drug-likeness (QED) is 0.571. The molecule has 3 atom stereocenters. The topological polar surface area (TPSA) is 59.3 Å². The molecule has 0 spiro atoms. The van der Waals surface area contributed by atoms with Crippen molar-refractivity contribution in [1.29, 1.82) is 5.26 Å². The van der Waals surface area contributed by atoms with Gasteiger partial charge in [0.05, 0.1) is 30.6 Å². The van der Waals surface area contributed by atoms with Crippen LogP contribution in [0, 0.1) is 23.2 Å². The van der Waals surface area contributed by atoms with Crippen molar-refractivity contribution in [2.75, 3.05) is 6.61 Å². The Hall–Kier alpha value is -0.863. The Bertz CT molecular complexity index is 319. The van der Waals surface area contributed by atoms with Gasteiger partial charge in [0.25, 0.3) is 0 Å². The number of nitrogens with zero attached hydrogens (tertiary/aromatic N) is 1. The lowest BCUT2D eigenvalue weighted by molar-refractivity contribution is -0.148. The SMILES string of the molecule is CCOC(=O)[C@H]1C[C@H](O[Si](C)(C)C)[C@@H](C#N)C1. The number of nitriles is 1. The van der Waals surface area contributed by atoms with Crippen LogP contribution in [0.5, 0.6) is 0 Å². The molecule has 4 nitrogen and oxygen atoms in total. The van der Waals surface area contributed by atoms with E-state index < -0.39 is 8.32 Å². The Labute approximate surface area is 104 Å². The molecule has 0 unspecified atom stereocenters. The fourth-order valence-corrected chi connectivity index (χ4v) is 3.34. The summed E-state index contributed by atoms with van der Waals surface area (Å²) in [4.78, 5) is 11.6. The molecule has 0 aromatic rings. The lowest BCUT2D eigenvalue weighted by atomic mass is 10.1. The molecular formula is C12H21NO3Si. The van der Waals surface area contributed by atoms with Gasteiger partial charge in [0.2, 0.25) is 0 Å². The number of carbonyl (C=O) groups is 1. The molecule has 1 aliphatic carbocycles. The van der Waals surface area contributed by atoms with E-state index in [-0.39, 0.29) is 23.9 Å². The minimum Gasteiger partial charge on any atom is -0.466 e. The van der Waals surface area contributed by atoms with Crippen LogP contribution in [0.25, 0.3) is 0 Å². The molecule has 1 fully saturated rings. The normalized spacial score (nSPS) is 28.8. The number of hydrogen-bond donors (Lipinski definition) is 0. The second-order valence-corrected chi connectivity index (χ2v) is 9.89. The maximum absolute atomic E-state index is 11.6. The summed E-state index contributed by atoms with van der Waals surface area (Å²) in [6.45, 7) is 8.48. The average molecular weight is 255 g/mol. The fraction of sp³-hybridized carbons (Fsp3) is 0.833. The van der Waals surface area contributed by atoms with E-state index in [2.05, 4.69) is 25.7 Å². The Morgan fingerprint density at radius 3 is 2.53 bits per heavy atom. The zero-order valence-corrected chi connectivity index (χ0v) is 12.0. The Balaban J connectivity index is 2.62. The zero-order valence-electron chi connectivity index (χ0n) is 11.0. The molecule has 0 bridgehead atoms. The van der Waals surface area contributed by atoms with Gasteiger partial charge in [-0.25, -0.2) is 0 Å². The summed E-state index contributed by atoms with van der Waals surface area (Å²) >= 11 is 0. The fourth-order valence-electron chi connectivity index (χ4n) is 2.17. The minimum absolute atomic E-state index is 0.0962. The number of hydrogen-bond acceptors (Lipinski definition) is 4. The van der Waals surface area contributed by atoms with Crippen molar-refractivity contribution in [3.05, 3.63) is 0 Å². The highest BCUT2D eigenvalue weighted by Gasteiger charge is 2.41. The highest BCUT2D eigenvalue weighted by Crippen LogP contribution is 2.35. The van der Waals surface area contributed by atoms with Crippen LogP contribution in [-0.4, -0.2) is 27.0 Å². The van der Waals surface area contributed by atoms with Gasteiger partial charge in [-0.1, -0.05) is 0 Å². The lowest BCUT2D eigenvalue weighted by Gasteiger charge is -2.24. The Kier molecular flexibility index (Phi) is 4.72. The molecule has 0 saturated heterocycles. The molecule has 0 radical (unpaired) electrons. The summed E-state index contributed by atoms with van der Waals surface area (Å²) in [6, 6.07) is 2.25. The summed E-state index contributed by atoms with van der Waals surface area (Å²) in [5.74, 6) is -0.522. The molecule has 96 valence electrons. The van der Waals surface area contributed by atoms with E-state index in [0.29, 0.717) is 19.4 Å². The monoisotopic (exact) mass is 255 g/mol. The minimum atomic E-state index is -1.67.